The fourth-order valence-corrected chi connectivity index (χ4v) is 2.38. The van der Waals surface area contributed by atoms with Gasteiger partial charge in [-0.2, -0.15) is 0 Å². The Morgan fingerprint density at radius 1 is 1.15 bits per heavy atom. The van der Waals surface area contributed by atoms with Crippen LogP contribution in [-0.2, 0) is 6.61 Å². The second-order valence-electron chi connectivity index (χ2n) is 5.02. The Morgan fingerprint density at radius 2 is 1.80 bits per heavy atom. The van der Waals surface area contributed by atoms with Crippen LogP contribution in [0, 0.1) is 13.8 Å². The van der Waals surface area contributed by atoms with Gasteiger partial charge in [0.15, 0.2) is 0 Å². The molecular weight excluding hydrogens is 272 g/mol. The Morgan fingerprint density at radius 3 is 2.40 bits per heavy atom. The van der Waals surface area contributed by atoms with Crippen molar-refractivity contribution in [1.82, 2.24) is 0 Å². The van der Waals surface area contributed by atoms with E-state index in [1.165, 1.54) is 16.7 Å². The van der Waals surface area contributed by atoms with Gasteiger partial charge in [-0.15, -0.1) is 0 Å². The fraction of sp³-hybridized carbons (Fsp3) is 0.294. The van der Waals surface area contributed by atoms with E-state index in [4.69, 9.17) is 16.3 Å². The van der Waals surface area contributed by atoms with Crippen LogP contribution in [0.1, 0.15) is 35.3 Å². The van der Waals surface area contributed by atoms with Crippen molar-refractivity contribution in [1.29, 1.82) is 0 Å². The van der Waals surface area contributed by atoms with Crippen molar-refractivity contribution in [2.24, 2.45) is 0 Å². The van der Waals surface area contributed by atoms with Gasteiger partial charge in [-0.3, -0.25) is 0 Å². The summed E-state index contributed by atoms with van der Waals surface area (Å²) < 4.78 is 5.88. The molecular formula is C17H19ClO2. The average molecular weight is 291 g/mol. The van der Waals surface area contributed by atoms with Gasteiger partial charge in [0.25, 0.3) is 0 Å². The molecule has 0 amide bonds. The summed E-state index contributed by atoms with van der Waals surface area (Å²) >= 11 is 5.96. The fourth-order valence-electron chi connectivity index (χ4n) is 2.20. The Kier molecular flexibility index (Phi) is 4.69. The van der Waals surface area contributed by atoms with Crippen LogP contribution in [0.4, 0.5) is 0 Å². The summed E-state index contributed by atoms with van der Waals surface area (Å²) in [4.78, 5) is 0. The van der Waals surface area contributed by atoms with Gasteiger partial charge >= 0.3 is 0 Å². The van der Waals surface area contributed by atoms with Gasteiger partial charge in [-0.25, -0.2) is 0 Å². The van der Waals surface area contributed by atoms with E-state index in [9.17, 15) is 5.11 Å². The molecule has 2 aromatic carbocycles. The molecule has 0 saturated heterocycles. The van der Waals surface area contributed by atoms with E-state index in [0.717, 1.165) is 0 Å². The van der Waals surface area contributed by atoms with Crippen molar-refractivity contribution < 1.29 is 9.84 Å². The van der Waals surface area contributed by atoms with Crippen LogP contribution in [0.15, 0.2) is 36.4 Å². The Hall–Kier alpha value is -1.51. The van der Waals surface area contributed by atoms with Gasteiger partial charge in [0.1, 0.15) is 12.4 Å². The van der Waals surface area contributed by atoms with Crippen molar-refractivity contribution in [3.8, 4) is 5.75 Å². The van der Waals surface area contributed by atoms with Gasteiger partial charge in [0.05, 0.1) is 6.10 Å². The third-order valence-corrected chi connectivity index (χ3v) is 3.67. The highest BCUT2D eigenvalue weighted by atomic mass is 35.5. The van der Waals surface area contributed by atoms with Crippen molar-refractivity contribution in [2.75, 3.05) is 0 Å². The number of hydrogen-bond donors (Lipinski definition) is 1. The third-order valence-electron chi connectivity index (χ3n) is 3.44. The van der Waals surface area contributed by atoms with Crippen molar-refractivity contribution in [3.63, 3.8) is 0 Å². The standard InChI is InChI=1S/C17H19ClO2/c1-11-5-4-6-12(2)16(11)10-20-17-8-7-14(18)9-15(17)13(3)19/h4-9,13,19H,10H2,1-3H3/t13-/m1/s1. The van der Waals surface area contributed by atoms with Crippen LogP contribution in [0.5, 0.6) is 5.75 Å². The molecule has 20 heavy (non-hydrogen) atoms. The maximum absolute atomic E-state index is 9.80. The molecule has 0 fully saturated rings. The smallest absolute Gasteiger partial charge is 0.125 e. The predicted molar refractivity (Wildman–Crippen MR) is 82.3 cm³/mol. The van der Waals surface area contributed by atoms with Gasteiger partial charge in [0, 0.05) is 10.6 Å². The molecule has 0 aromatic heterocycles. The molecule has 0 saturated carbocycles. The van der Waals surface area contributed by atoms with Crippen molar-refractivity contribution >= 4 is 11.6 Å². The minimum Gasteiger partial charge on any atom is -0.489 e. The molecule has 0 aliphatic carbocycles. The highest BCUT2D eigenvalue weighted by Gasteiger charge is 2.11. The molecule has 0 radical (unpaired) electrons. The molecule has 3 heteroatoms. The van der Waals surface area contributed by atoms with E-state index in [-0.39, 0.29) is 0 Å². The summed E-state index contributed by atoms with van der Waals surface area (Å²) in [6.45, 7) is 6.34. The summed E-state index contributed by atoms with van der Waals surface area (Å²) in [5.41, 5.74) is 4.30. The first-order chi connectivity index (χ1) is 9.49. The number of ether oxygens (including phenoxy) is 1. The molecule has 0 heterocycles. The summed E-state index contributed by atoms with van der Waals surface area (Å²) in [6, 6.07) is 11.5. The summed E-state index contributed by atoms with van der Waals surface area (Å²) in [5, 5.41) is 10.4. The van der Waals surface area contributed by atoms with Gasteiger partial charge in [-0.05, 0) is 55.7 Å². The zero-order valence-electron chi connectivity index (χ0n) is 12.0. The molecule has 106 valence electrons. The molecule has 0 aliphatic rings. The van der Waals surface area contributed by atoms with Crippen LogP contribution < -0.4 is 4.74 Å². The van der Waals surface area contributed by atoms with Gasteiger partial charge < -0.3 is 9.84 Å². The summed E-state index contributed by atoms with van der Waals surface area (Å²) in [7, 11) is 0. The number of aliphatic hydroxyl groups excluding tert-OH is 1. The van der Waals surface area contributed by atoms with Gasteiger partial charge in [-0.1, -0.05) is 29.8 Å². The van der Waals surface area contributed by atoms with E-state index in [1.807, 2.05) is 6.07 Å². The molecule has 0 aliphatic heterocycles. The number of aliphatic hydroxyl groups is 1. The summed E-state index contributed by atoms with van der Waals surface area (Å²) in [6.07, 6.45) is -0.610. The maximum atomic E-state index is 9.80. The first-order valence-electron chi connectivity index (χ1n) is 6.64. The number of halogens is 1. The summed E-state index contributed by atoms with van der Waals surface area (Å²) in [5.74, 6) is 0.673. The normalized spacial score (nSPS) is 12.2. The minimum absolute atomic E-state index is 0.486. The van der Waals surface area contributed by atoms with Crippen LogP contribution >= 0.6 is 11.6 Å². The number of rotatable bonds is 4. The van der Waals surface area contributed by atoms with Crippen LogP contribution in [-0.4, -0.2) is 5.11 Å². The molecule has 1 atom stereocenters. The lowest BCUT2D eigenvalue weighted by molar-refractivity contribution is 0.190. The lowest BCUT2D eigenvalue weighted by Crippen LogP contribution is -2.03. The van der Waals surface area contributed by atoms with E-state index in [2.05, 4.69) is 26.0 Å². The molecule has 1 N–H and O–H groups in total. The number of hydrogen-bond acceptors (Lipinski definition) is 2. The molecule has 0 unspecified atom stereocenters. The Bertz CT molecular complexity index is 586. The predicted octanol–water partition coefficient (Wildman–Crippen LogP) is 4.59. The zero-order chi connectivity index (χ0) is 14.7. The Balaban J connectivity index is 2.23. The largest absolute Gasteiger partial charge is 0.489 e. The topological polar surface area (TPSA) is 29.5 Å². The van der Waals surface area contributed by atoms with Crippen LogP contribution in [0.25, 0.3) is 0 Å². The molecule has 2 aromatic rings. The lowest BCUT2D eigenvalue weighted by atomic mass is 10.0. The highest BCUT2D eigenvalue weighted by molar-refractivity contribution is 6.30. The molecule has 0 spiro atoms. The zero-order valence-corrected chi connectivity index (χ0v) is 12.7. The maximum Gasteiger partial charge on any atom is 0.125 e. The quantitative estimate of drug-likeness (QED) is 0.892. The highest BCUT2D eigenvalue weighted by Crippen LogP contribution is 2.29. The monoisotopic (exact) mass is 290 g/mol. The average Bonchev–Trinajstić information content (AvgIpc) is 2.39. The third kappa shape index (κ3) is 3.33. The Labute approximate surface area is 125 Å². The number of aryl methyl sites for hydroxylation is 2. The van der Waals surface area contributed by atoms with Crippen molar-refractivity contribution in [2.45, 2.75) is 33.5 Å². The molecule has 0 bridgehead atoms. The minimum atomic E-state index is -0.610. The van der Waals surface area contributed by atoms with Gasteiger partial charge in [0.2, 0.25) is 0 Å². The van der Waals surface area contributed by atoms with Crippen LogP contribution in [0.3, 0.4) is 0 Å². The second-order valence-corrected chi connectivity index (χ2v) is 5.45. The first-order valence-corrected chi connectivity index (χ1v) is 7.02. The van der Waals surface area contributed by atoms with E-state index >= 15 is 0 Å². The van der Waals surface area contributed by atoms with Crippen molar-refractivity contribution in [3.05, 3.63) is 63.7 Å². The molecule has 2 nitrogen and oxygen atoms in total. The van der Waals surface area contributed by atoms with Crippen LogP contribution in [0.2, 0.25) is 5.02 Å². The molecule has 2 rings (SSSR count). The SMILES string of the molecule is Cc1cccc(C)c1COc1ccc(Cl)cc1[C@@H](C)O. The first kappa shape index (κ1) is 14.9. The van der Waals surface area contributed by atoms with E-state index in [0.29, 0.717) is 22.9 Å². The van der Waals surface area contributed by atoms with E-state index in [1.54, 1.807) is 25.1 Å². The number of benzene rings is 2. The lowest BCUT2D eigenvalue weighted by Gasteiger charge is -2.16. The second kappa shape index (κ2) is 6.29. The van der Waals surface area contributed by atoms with E-state index < -0.39 is 6.10 Å².